The van der Waals surface area contributed by atoms with Crippen LogP contribution < -0.4 is 4.74 Å². The van der Waals surface area contributed by atoms with Crippen LogP contribution in [0.5, 0.6) is 5.75 Å². The Hall–Kier alpha value is -1.31. The molecule has 1 heterocycles. The van der Waals surface area contributed by atoms with Gasteiger partial charge in [0.2, 0.25) is 0 Å². The molecule has 0 aromatic heterocycles. The molecule has 1 aliphatic heterocycles. The van der Waals surface area contributed by atoms with E-state index in [2.05, 4.69) is 23.8 Å². The van der Waals surface area contributed by atoms with E-state index < -0.39 is 18.4 Å². The maximum absolute atomic E-state index is 13.4. The number of hydrogen-bond donors (Lipinski definition) is 1. The molecule has 1 aliphatic carbocycles. The number of aliphatic hydroxyl groups is 1. The second-order valence-corrected chi connectivity index (χ2v) is 8.68. The highest BCUT2D eigenvalue weighted by Crippen LogP contribution is 2.41. The van der Waals surface area contributed by atoms with Crippen molar-refractivity contribution < 1.29 is 23.0 Å². The van der Waals surface area contributed by atoms with E-state index >= 15 is 0 Å². The lowest BCUT2D eigenvalue weighted by Gasteiger charge is -2.44. The minimum Gasteiger partial charge on any atom is -0.454 e. The first-order valence-corrected chi connectivity index (χ1v) is 10.6. The van der Waals surface area contributed by atoms with Gasteiger partial charge in [-0.05, 0) is 44.5 Å². The van der Waals surface area contributed by atoms with E-state index in [0.29, 0.717) is 12.6 Å². The van der Waals surface area contributed by atoms with Crippen LogP contribution in [-0.2, 0) is 0 Å². The summed E-state index contributed by atoms with van der Waals surface area (Å²) >= 11 is 0. The Morgan fingerprint density at radius 2 is 1.90 bits per heavy atom. The number of likely N-dealkylation sites (N-methyl/N-ethyl adjacent to an activating group) is 1. The van der Waals surface area contributed by atoms with Gasteiger partial charge in [-0.25, -0.2) is 8.78 Å². The molecule has 29 heavy (non-hydrogen) atoms. The fraction of sp³-hybridized carbons (Fsp3) is 0.727. The fourth-order valence-electron chi connectivity index (χ4n) is 4.63. The van der Waals surface area contributed by atoms with E-state index in [0.717, 1.165) is 57.3 Å². The number of hydrogen-bond acceptors (Lipinski definition) is 4. The minimum atomic E-state index is -3.19. The van der Waals surface area contributed by atoms with Gasteiger partial charge in [0.05, 0.1) is 5.60 Å². The van der Waals surface area contributed by atoms with Crippen molar-refractivity contribution in [1.29, 1.82) is 0 Å². The summed E-state index contributed by atoms with van der Waals surface area (Å²) in [5.41, 5.74) is -0.0265. The van der Waals surface area contributed by atoms with Crippen LogP contribution in [0.2, 0.25) is 0 Å². The van der Waals surface area contributed by atoms with Gasteiger partial charge >= 0.3 is 6.43 Å². The summed E-state index contributed by atoms with van der Waals surface area (Å²) in [6, 6.07) is 7.11. The molecule has 4 nitrogen and oxygen atoms in total. The van der Waals surface area contributed by atoms with Crippen molar-refractivity contribution in [2.75, 3.05) is 33.2 Å². The zero-order chi connectivity index (χ0) is 21.0. The Labute approximate surface area is 171 Å². The van der Waals surface area contributed by atoms with Crippen molar-refractivity contribution >= 4 is 0 Å². The second-order valence-electron chi connectivity index (χ2n) is 8.68. The van der Waals surface area contributed by atoms with Crippen LogP contribution in [0.3, 0.4) is 0 Å². The van der Waals surface area contributed by atoms with Crippen LogP contribution in [0.25, 0.3) is 0 Å². The first-order chi connectivity index (χ1) is 13.8. The van der Waals surface area contributed by atoms with Crippen molar-refractivity contribution in [1.82, 2.24) is 9.80 Å². The van der Waals surface area contributed by atoms with Crippen molar-refractivity contribution in [3.8, 4) is 5.75 Å². The Morgan fingerprint density at radius 3 is 2.55 bits per heavy atom. The molecule has 164 valence electrons. The van der Waals surface area contributed by atoms with Crippen LogP contribution in [0, 0.1) is 0 Å². The predicted octanol–water partition coefficient (Wildman–Crippen LogP) is 4.04. The number of piperazine rings is 1. The first-order valence-electron chi connectivity index (χ1n) is 10.6. The zero-order valence-electron chi connectivity index (χ0n) is 17.4. The maximum Gasteiger partial charge on any atom is 0.304 e. The van der Waals surface area contributed by atoms with Gasteiger partial charge in [0, 0.05) is 38.1 Å². The van der Waals surface area contributed by atoms with E-state index in [1.54, 1.807) is 12.1 Å². The van der Waals surface area contributed by atoms with Crippen LogP contribution in [0.4, 0.5) is 13.2 Å². The second kappa shape index (κ2) is 9.67. The molecule has 0 amide bonds. The average Bonchev–Trinajstić information content (AvgIpc) is 2.69. The maximum atomic E-state index is 13.4. The molecule has 1 saturated carbocycles. The molecule has 0 spiro atoms. The largest absolute Gasteiger partial charge is 0.454 e. The number of nitrogens with zero attached hydrogens (tertiary/aromatic N) is 2. The van der Waals surface area contributed by atoms with Gasteiger partial charge in [0.25, 0.3) is 6.36 Å². The third kappa shape index (κ3) is 5.64. The van der Waals surface area contributed by atoms with E-state index in [-0.39, 0.29) is 11.7 Å². The first kappa shape index (κ1) is 22.4. The van der Waals surface area contributed by atoms with E-state index in [1.165, 1.54) is 6.07 Å². The highest BCUT2D eigenvalue weighted by atomic mass is 19.3. The van der Waals surface area contributed by atoms with Gasteiger partial charge in [-0.3, -0.25) is 4.90 Å². The molecule has 2 fully saturated rings. The monoisotopic (exact) mass is 414 g/mol. The van der Waals surface area contributed by atoms with Crippen molar-refractivity contribution in [3.05, 3.63) is 29.8 Å². The van der Waals surface area contributed by atoms with E-state index in [1.807, 2.05) is 6.07 Å². The normalized spacial score (nSPS) is 25.7. The molecule has 3 atom stereocenters. The SMILES string of the molecule is C[C@@H]1CN(C[C@H](c2cccc(OC(F)C(F)F)c2)C2(O)CCCCC2)CCN1C. The summed E-state index contributed by atoms with van der Waals surface area (Å²) in [4.78, 5) is 4.69. The minimum absolute atomic E-state index is 0.0754. The standard InChI is InChI=1S/C22H33F3N2O2/c1-16-14-27(12-11-26(16)2)15-19(22(28)9-4-3-5-10-22)17-7-6-8-18(13-17)29-21(25)20(23)24/h6-8,13,16,19-21,28H,3-5,9-12,14-15H2,1-2H3/t16-,19-,21?/m1/s1. The third-order valence-electron chi connectivity index (χ3n) is 6.56. The van der Waals surface area contributed by atoms with Gasteiger partial charge in [-0.2, -0.15) is 4.39 Å². The van der Waals surface area contributed by atoms with E-state index in [9.17, 15) is 18.3 Å². The van der Waals surface area contributed by atoms with Gasteiger partial charge in [0.1, 0.15) is 5.75 Å². The number of rotatable bonds is 7. The molecular formula is C22H33F3N2O2. The predicted molar refractivity (Wildman–Crippen MR) is 107 cm³/mol. The Morgan fingerprint density at radius 1 is 1.17 bits per heavy atom. The van der Waals surface area contributed by atoms with Crippen molar-refractivity contribution in [2.45, 2.75) is 69.4 Å². The Kier molecular flexibility index (Phi) is 7.46. The molecule has 1 unspecified atom stereocenters. The lowest BCUT2D eigenvalue weighted by molar-refractivity contribution is -0.0671. The van der Waals surface area contributed by atoms with Crippen LogP contribution in [-0.4, -0.2) is 72.6 Å². The summed E-state index contributed by atoms with van der Waals surface area (Å²) in [6.45, 7) is 5.68. The molecule has 1 saturated heterocycles. The van der Waals surface area contributed by atoms with Gasteiger partial charge in [-0.1, -0.05) is 31.4 Å². The molecular weight excluding hydrogens is 381 g/mol. The van der Waals surface area contributed by atoms with Crippen LogP contribution in [0.15, 0.2) is 24.3 Å². The van der Waals surface area contributed by atoms with Crippen LogP contribution >= 0.6 is 0 Å². The number of ether oxygens (including phenoxy) is 1. The zero-order valence-corrected chi connectivity index (χ0v) is 17.4. The molecule has 0 radical (unpaired) electrons. The van der Waals surface area contributed by atoms with E-state index in [4.69, 9.17) is 4.74 Å². The quantitative estimate of drug-likeness (QED) is 0.731. The summed E-state index contributed by atoms with van der Waals surface area (Å²) < 4.78 is 43.3. The number of halogens is 3. The summed E-state index contributed by atoms with van der Waals surface area (Å²) in [6.07, 6.45) is -1.35. The molecule has 1 N–H and O–H groups in total. The summed E-state index contributed by atoms with van der Waals surface area (Å²) in [5.74, 6) is -0.0991. The molecule has 2 aliphatic rings. The molecule has 0 bridgehead atoms. The number of alkyl halides is 3. The lowest BCUT2D eigenvalue weighted by atomic mass is 9.72. The highest BCUT2D eigenvalue weighted by molar-refractivity contribution is 5.33. The van der Waals surface area contributed by atoms with Gasteiger partial charge in [-0.15, -0.1) is 0 Å². The fourth-order valence-corrected chi connectivity index (χ4v) is 4.63. The third-order valence-corrected chi connectivity index (χ3v) is 6.56. The molecule has 1 aromatic carbocycles. The van der Waals surface area contributed by atoms with Gasteiger partial charge in [0.15, 0.2) is 0 Å². The summed E-state index contributed by atoms with van der Waals surface area (Å²) in [7, 11) is 2.12. The molecule has 1 aromatic rings. The average molecular weight is 415 g/mol. The molecule has 3 rings (SSSR count). The Balaban J connectivity index is 1.83. The smallest absolute Gasteiger partial charge is 0.304 e. The topological polar surface area (TPSA) is 35.9 Å². The lowest BCUT2D eigenvalue weighted by Crippen LogP contribution is -2.53. The van der Waals surface area contributed by atoms with Crippen LogP contribution in [0.1, 0.15) is 50.5 Å². The molecule has 7 heteroatoms. The van der Waals surface area contributed by atoms with Crippen molar-refractivity contribution in [2.24, 2.45) is 0 Å². The van der Waals surface area contributed by atoms with Crippen molar-refractivity contribution in [3.63, 3.8) is 0 Å². The Bertz CT molecular complexity index is 655. The summed E-state index contributed by atoms with van der Waals surface area (Å²) in [5, 5.41) is 11.5. The highest BCUT2D eigenvalue weighted by Gasteiger charge is 2.40. The van der Waals surface area contributed by atoms with Gasteiger partial charge < -0.3 is 14.7 Å². The number of benzene rings is 1.